The second-order valence-electron chi connectivity index (χ2n) is 8.71. The van der Waals surface area contributed by atoms with Crippen molar-refractivity contribution >= 4 is 11.6 Å². The number of aliphatic hydroxyl groups excluding tert-OH is 1. The van der Waals surface area contributed by atoms with E-state index >= 15 is 0 Å². The molecule has 2 aromatic rings. The lowest BCUT2D eigenvalue weighted by atomic mass is 9.94. The van der Waals surface area contributed by atoms with Crippen molar-refractivity contribution in [3.8, 4) is 5.69 Å². The van der Waals surface area contributed by atoms with Crippen LogP contribution in [0.3, 0.4) is 0 Å². The number of halogens is 1. The van der Waals surface area contributed by atoms with E-state index in [9.17, 15) is 5.11 Å². The maximum absolute atomic E-state index is 9.49. The summed E-state index contributed by atoms with van der Waals surface area (Å²) in [5, 5.41) is 14.7. The maximum atomic E-state index is 9.49. The Morgan fingerprint density at radius 2 is 2.07 bits per heavy atom. The Labute approximate surface area is 167 Å². The van der Waals surface area contributed by atoms with Gasteiger partial charge in [-0.1, -0.05) is 38.4 Å². The zero-order valence-corrected chi connectivity index (χ0v) is 17.4. The predicted molar refractivity (Wildman–Crippen MR) is 110 cm³/mol. The molecule has 1 fully saturated rings. The van der Waals surface area contributed by atoms with Crippen LogP contribution in [-0.4, -0.2) is 63.5 Å². The van der Waals surface area contributed by atoms with Crippen molar-refractivity contribution in [1.82, 2.24) is 19.6 Å². The third-order valence-corrected chi connectivity index (χ3v) is 5.18. The Hall–Kier alpha value is -1.40. The molecule has 0 spiro atoms. The normalized spacial score (nSPS) is 19.5. The molecule has 1 saturated heterocycles. The van der Waals surface area contributed by atoms with Gasteiger partial charge in [-0.05, 0) is 30.0 Å². The van der Waals surface area contributed by atoms with Gasteiger partial charge in [-0.2, -0.15) is 5.10 Å². The molecule has 0 aliphatic carbocycles. The third-order valence-electron chi connectivity index (χ3n) is 4.94. The zero-order valence-electron chi connectivity index (χ0n) is 16.6. The third kappa shape index (κ3) is 5.79. The Bertz CT molecular complexity index is 740. The van der Waals surface area contributed by atoms with E-state index in [1.54, 1.807) is 0 Å². The van der Waals surface area contributed by atoms with Crippen LogP contribution in [0.25, 0.3) is 5.69 Å². The van der Waals surface area contributed by atoms with E-state index in [2.05, 4.69) is 41.9 Å². The minimum atomic E-state index is 0.242. The van der Waals surface area contributed by atoms with Gasteiger partial charge in [0.25, 0.3) is 0 Å². The second-order valence-corrected chi connectivity index (χ2v) is 9.14. The highest BCUT2D eigenvalue weighted by Crippen LogP contribution is 2.22. The molecule has 5 nitrogen and oxygen atoms in total. The number of rotatable bonds is 6. The summed E-state index contributed by atoms with van der Waals surface area (Å²) >= 11 is 6.09. The number of nitrogens with zero attached hydrogens (tertiary/aromatic N) is 4. The molecule has 1 aromatic heterocycles. The lowest BCUT2D eigenvalue weighted by Gasteiger charge is -2.43. The monoisotopic (exact) mass is 390 g/mol. The van der Waals surface area contributed by atoms with E-state index in [1.165, 1.54) is 5.56 Å². The molecule has 0 amide bonds. The van der Waals surface area contributed by atoms with Gasteiger partial charge >= 0.3 is 0 Å². The summed E-state index contributed by atoms with van der Waals surface area (Å²) in [6.07, 6.45) is 4.84. The Balaban J connectivity index is 1.63. The summed E-state index contributed by atoms with van der Waals surface area (Å²) < 4.78 is 1.88. The van der Waals surface area contributed by atoms with Crippen molar-refractivity contribution < 1.29 is 5.11 Å². The number of aliphatic hydroxyl groups is 1. The molecule has 1 aliphatic rings. The average molecular weight is 391 g/mol. The summed E-state index contributed by atoms with van der Waals surface area (Å²) in [4.78, 5) is 5.01. The van der Waals surface area contributed by atoms with Gasteiger partial charge in [0.2, 0.25) is 0 Å². The molecule has 1 aromatic carbocycles. The minimum Gasteiger partial charge on any atom is -0.396 e. The molecule has 0 saturated carbocycles. The molecule has 148 valence electrons. The van der Waals surface area contributed by atoms with Crippen molar-refractivity contribution in [3.05, 3.63) is 47.2 Å². The van der Waals surface area contributed by atoms with Gasteiger partial charge in [0.15, 0.2) is 0 Å². The second kappa shape index (κ2) is 8.74. The fraction of sp³-hybridized carbons (Fsp3) is 0.571. The molecule has 2 heterocycles. The molecule has 1 aliphatic heterocycles. The summed E-state index contributed by atoms with van der Waals surface area (Å²) in [5.41, 5.74) is 2.44. The molecule has 6 heteroatoms. The molecular formula is C21H31ClN4O. The van der Waals surface area contributed by atoms with Gasteiger partial charge in [0.1, 0.15) is 0 Å². The lowest BCUT2D eigenvalue weighted by molar-refractivity contribution is 0.0340. The first kappa shape index (κ1) is 20.3. The van der Waals surface area contributed by atoms with E-state index < -0.39 is 0 Å². The first-order valence-corrected chi connectivity index (χ1v) is 10.1. The van der Waals surface area contributed by atoms with Crippen LogP contribution in [0.4, 0.5) is 0 Å². The topological polar surface area (TPSA) is 44.5 Å². The average Bonchev–Trinajstić information content (AvgIpc) is 3.05. The van der Waals surface area contributed by atoms with Crippen LogP contribution in [0, 0.1) is 5.41 Å². The van der Waals surface area contributed by atoms with E-state index in [1.807, 2.05) is 35.1 Å². The quantitative estimate of drug-likeness (QED) is 0.820. The molecule has 27 heavy (non-hydrogen) atoms. The van der Waals surface area contributed by atoms with Gasteiger partial charge in [0.05, 0.1) is 11.9 Å². The molecular weight excluding hydrogens is 360 g/mol. The van der Waals surface area contributed by atoms with Gasteiger partial charge < -0.3 is 5.11 Å². The Morgan fingerprint density at radius 3 is 2.78 bits per heavy atom. The van der Waals surface area contributed by atoms with E-state index in [0.29, 0.717) is 11.1 Å². The molecule has 0 bridgehead atoms. The highest BCUT2D eigenvalue weighted by atomic mass is 35.5. The Morgan fingerprint density at radius 1 is 1.26 bits per heavy atom. The number of hydrogen-bond donors (Lipinski definition) is 1. The van der Waals surface area contributed by atoms with E-state index in [0.717, 1.165) is 44.8 Å². The van der Waals surface area contributed by atoms with Crippen LogP contribution in [0.2, 0.25) is 5.02 Å². The van der Waals surface area contributed by atoms with Gasteiger partial charge in [-0.15, -0.1) is 0 Å². The van der Waals surface area contributed by atoms with Crippen LogP contribution in [0.15, 0.2) is 36.7 Å². The number of piperazine rings is 1. The van der Waals surface area contributed by atoms with E-state index in [4.69, 9.17) is 11.6 Å². The van der Waals surface area contributed by atoms with Crippen LogP contribution in [0.1, 0.15) is 32.8 Å². The van der Waals surface area contributed by atoms with Crippen LogP contribution in [-0.2, 0) is 6.54 Å². The van der Waals surface area contributed by atoms with Crippen molar-refractivity contribution in [1.29, 1.82) is 0 Å². The molecule has 0 unspecified atom stereocenters. The fourth-order valence-electron chi connectivity index (χ4n) is 3.80. The van der Waals surface area contributed by atoms with Crippen molar-refractivity contribution in [2.45, 2.75) is 39.8 Å². The minimum absolute atomic E-state index is 0.242. The summed E-state index contributed by atoms with van der Waals surface area (Å²) in [5.74, 6) is 0. The molecule has 0 radical (unpaired) electrons. The summed E-state index contributed by atoms with van der Waals surface area (Å²) in [6, 6.07) is 8.14. The first-order chi connectivity index (χ1) is 12.8. The summed E-state index contributed by atoms with van der Waals surface area (Å²) in [6.45, 7) is 12.1. The predicted octanol–water partition coefficient (Wildman–Crippen LogP) is 3.44. The van der Waals surface area contributed by atoms with Crippen molar-refractivity contribution in [2.75, 3.05) is 32.8 Å². The fourth-order valence-corrected chi connectivity index (χ4v) is 3.99. The number of hydrogen-bond acceptors (Lipinski definition) is 4. The van der Waals surface area contributed by atoms with Crippen LogP contribution < -0.4 is 0 Å². The first-order valence-electron chi connectivity index (χ1n) is 9.71. The summed E-state index contributed by atoms with van der Waals surface area (Å²) in [7, 11) is 0. The van der Waals surface area contributed by atoms with Gasteiger partial charge in [-0.3, -0.25) is 9.80 Å². The van der Waals surface area contributed by atoms with Crippen LogP contribution in [0.5, 0.6) is 0 Å². The highest BCUT2D eigenvalue weighted by Gasteiger charge is 2.29. The largest absolute Gasteiger partial charge is 0.396 e. The van der Waals surface area contributed by atoms with Gasteiger partial charge in [0, 0.05) is 62.2 Å². The molecule has 3 rings (SSSR count). The number of aromatic nitrogens is 2. The van der Waals surface area contributed by atoms with Crippen molar-refractivity contribution in [2.24, 2.45) is 5.41 Å². The van der Waals surface area contributed by atoms with Crippen molar-refractivity contribution in [3.63, 3.8) is 0 Å². The van der Waals surface area contributed by atoms with Gasteiger partial charge in [-0.25, -0.2) is 4.68 Å². The Kier molecular flexibility index (Phi) is 6.58. The standard InChI is InChI=1S/C21H31ClN4O/c1-21(2,3)16-25-9-8-24(15-20(25)7-10-27)13-17-12-23-26(14-17)19-6-4-5-18(22)11-19/h4-6,11-12,14,20,27H,7-10,13,15-16H2,1-3H3/t20-/m1/s1. The van der Waals surface area contributed by atoms with E-state index in [-0.39, 0.29) is 12.0 Å². The highest BCUT2D eigenvalue weighted by molar-refractivity contribution is 6.30. The lowest BCUT2D eigenvalue weighted by Crippen LogP contribution is -2.54. The zero-order chi connectivity index (χ0) is 19.4. The smallest absolute Gasteiger partial charge is 0.0660 e. The van der Waals surface area contributed by atoms with Crippen LogP contribution >= 0.6 is 11.6 Å². The molecule has 1 N–H and O–H groups in total. The number of benzene rings is 1. The molecule has 1 atom stereocenters. The SMILES string of the molecule is CC(C)(C)CN1CCN(Cc2cnn(-c3cccc(Cl)c3)c2)C[C@H]1CCO. The maximum Gasteiger partial charge on any atom is 0.0660 e.